The third-order valence-corrected chi connectivity index (χ3v) is 2.30. The van der Waals surface area contributed by atoms with E-state index < -0.39 is 6.10 Å². The summed E-state index contributed by atoms with van der Waals surface area (Å²) in [5.74, 6) is 0.507. The molecule has 0 bridgehead atoms. The Balaban J connectivity index is 2.31. The monoisotopic (exact) mass is 320 g/mol. The van der Waals surface area contributed by atoms with Gasteiger partial charge in [-0.05, 0) is 41.9 Å². The molecule has 6 nitrogen and oxygen atoms in total. The maximum absolute atomic E-state index is 9.49. The first-order valence-corrected chi connectivity index (χ1v) is 6.29. The smallest absolute Gasteiger partial charge is 0.206 e. The van der Waals surface area contributed by atoms with Crippen molar-refractivity contribution in [2.24, 2.45) is 10.9 Å². The van der Waals surface area contributed by atoms with Crippen molar-refractivity contribution < 1.29 is 19.1 Å². The molecule has 0 amide bonds. The fourth-order valence-corrected chi connectivity index (χ4v) is 1.35. The van der Waals surface area contributed by atoms with Crippen LogP contribution in [0.1, 0.15) is 19.6 Å². The molecule has 3 N–H and O–H groups in total. The van der Waals surface area contributed by atoms with Crippen LogP contribution in [0.25, 0.3) is 0 Å². The number of halogens is 1. The van der Waals surface area contributed by atoms with Gasteiger partial charge in [-0.25, -0.2) is 0 Å². The Bertz CT molecular complexity index is 392. The molecule has 102 valence electrons. The van der Waals surface area contributed by atoms with Gasteiger partial charge < -0.3 is 24.8 Å². The molecule has 0 aliphatic carbocycles. The molecular formula is C11H17BrN2O4. The van der Waals surface area contributed by atoms with E-state index in [4.69, 9.17) is 19.7 Å². The number of oxime groups is 1. The summed E-state index contributed by atoms with van der Waals surface area (Å²) in [6, 6.07) is 3.35. The maximum atomic E-state index is 9.49. The number of hydrogen-bond donors (Lipinski definition) is 2. The minimum Gasteiger partial charge on any atom is -0.446 e. The van der Waals surface area contributed by atoms with Crippen molar-refractivity contribution in [3.05, 3.63) is 22.6 Å². The second kappa shape index (κ2) is 7.40. The molecule has 1 aromatic rings. The Kier molecular flexibility index (Phi) is 6.17. The molecule has 1 rings (SSSR count). The van der Waals surface area contributed by atoms with E-state index in [9.17, 15) is 5.11 Å². The van der Waals surface area contributed by atoms with Crippen molar-refractivity contribution in [3.8, 4) is 0 Å². The number of ether oxygens (including phenoxy) is 1. The normalized spacial score (nSPS) is 13.9. The third kappa shape index (κ3) is 5.52. The molecule has 1 unspecified atom stereocenters. The molecule has 1 aromatic heterocycles. The number of rotatable bonds is 7. The highest BCUT2D eigenvalue weighted by Gasteiger charge is 2.08. The van der Waals surface area contributed by atoms with Crippen molar-refractivity contribution >= 4 is 21.8 Å². The fourth-order valence-electron chi connectivity index (χ4n) is 1.04. The number of aliphatic hydroxyl groups is 1. The average molecular weight is 321 g/mol. The van der Waals surface area contributed by atoms with Crippen LogP contribution in [0.3, 0.4) is 0 Å². The summed E-state index contributed by atoms with van der Waals surface area (Å²) >= 11 is 3.15. The van der Waals surface area contributed by atoms with Crippen molar-refractivity contribution in [1.82, 2.24) is 0 Å². The van der Waals surface area contributed by atoms with Crippen molar-refractivity contribution in [3.63, 3.8) is 0 Å². The van der Waals surface area contributed by atoms with Gasteiger partial charge in [0, 0.05) is 0 Å². The van der Waals surface area contributed by atoms with Crippen LogP contribution >= 0.6 is 15.9 Å². The lowest BCUT2D eigenvalue weighted by Crippen LogP contribution is -2.23. The zero-order valence-corrected chi connectivity index (χ0v) is 11.9. The van der Waals surface area contributed by atoms with Gasteiger partial charge in [0.2, 0.25) is 5.84 Å². The summed E-state index contributed by atoms with van der Waals surface area (Å²) < 4.78 is 10.9. The Morgan fingerprint density at radius 1 is 1.50 bits per heavy atom. The zero-order valence-electron chi connectivity index (χ0n) is 10.3. The first kappa shape index (κ1) is 15.0. The van der Waals surface area contributed by atoms with Gasteiger partial charge in [0.15, 0.2) is 10.4 Å². The van der Waals surface area contributed by atoms with Gasteiger partial charge in [0.25, 0.3) is 0 Å². The molecular weight excluding hydrogens is 304 g/mol. The molecule has 0 aliphatic heterocycles. The van der Waals surface area contributed by atoms with Crippen molar-refractivity contribution in [1.29, 1.82) is 0 Å². The SMILES string of the molecule is CC(C)OCC(O)CO/N=C(/N)c1ccc(Br)o1. The van der Waals surface area contributed by atoms with E-state index in [1.54, 1.807) is 12.1 Å². The van der Waals surface area contributed by atoms with E-state index in [0.29, 0.717) is 10.4 Å². The van der Waals surface area contributed by atoms with Crippen molar-refractivity contribution in [2.45, 2.75) is 26.1 Å². The van der Waals surface area contributed by atoms with Crippen LogP contribution in [0.15, 0.2) is 26.4 Å². The predicted molar refractivity (Wildman–Crippen MR) is 70.2 cm³/mol. The van der Waals surface area contributed by atoms with Gasteiger partial charge in [-0.2, -0.15) is 0 Å². The van der Waals surface area contributed by atoms with Crippen LogP contribution in [0.5, 0.6) is 0 Å². The van der Waals surface area contributed by atoms with E-state index in [-0.39, 0.29) is 25.2 Å². The number of hydrogen-bond acceptors (Lipinski definition) is 5. The molecule has 7 heteroatoms. The molecule has 0 spiro atoms. The predicted octanol–water partition coefficient (Wildman–Crippen LogP) is 1.46. The molecule has 0 fully saturated rings. The fraction of sp³-hybridized carbons (Fsp3) is 0.545. The van der Waals surface area contributed by atoms with E-state index in [1.807, 2.05) is 13.8 Å². The van der Waals surface area contributed by atoms with Gasteiger partial charge in [-0.1, -0.05) is 5.16 Å². The van der Waals surface area contributed by atoms with E-state index in [2.05, 4.69) is 21.1 Å². The summed E-state index contributed by atoms with van der Waals surface area (Å²) in [6.07, 6.45) is -0.680. The molecule has 18 heavy (non-hydrogen) atoms. The summed E-state index contributed by atoms with van der Waals surface area (Å²) in [4.78, 5) is 4.91. The van der Waals surface area contributed by atoms with E-state index in [1.165, 1.54) is 0 Å². The van der Waals surface area contributed by atoms with Gasteiger partial charge >= 0.3 is 0 Å². The maximum Gasteiger partial charge on any atom is 0.206 e. The van der Waals surface area contributed by atoms with Crippen LogP contribution in [-0.2, 0) is 9.57 Å². The first-order valence-electron chi connectivity index (χ1n) is 5.50. The van der Waals surface area contributed by atoms with E-state index >= 15 is 0 Å². The first-order chi connectivity index (χ1) is 8.49. The summed E-state index contributed by atoms with van der Waals surface area (Å²) in [6.45, 7) is 3.98. The Morgan fingerprint density at radius 2 is 2.22 bits per heavy atom. The lowest BCUT2D eigenvalue weighted by atomic mass is 10.4. The lowest BCUT2D eigenvalue weighted by molar-refractivity contribution is -0.0346. The van der Waals surface area contributed by atoms with Gasteiger partial charge in [-0.3, -0.25) is 0 Å². The summed E-state index contributed by atoms with van der Waals surface area (Å²) in [5.41, 5.74) is 5.61. The van der Waals surface area contributed by atoms with Gasteiger partial charge in [-0.15, -0.1) is 0 Å². The van der Waals surface area contributed by atoms with E-state index in [0.717, 1.165) is 0 Å². The van der Waals surface area contributed by atoms with Crippen LogP contribution in [0, 0.1) is 0 Å². The number of nitrogens with two attached hydrogens (primary N) is 1. The molecule has 1 atom stereocenters. The summed E-state index contributed by atoms with van der Waals surface area (Å²) in [5, 5.41) is 13.1. The highest BCUT2D eigenvalue weighted by atomic mass is 79.9. The highest BCUT2D eigenvalue weighted by molar-refractivity contribution is 9.10. The molecule has 0 aliphatic rings. The lowest BCUT2D eigenvalue weighted by Gasteiger charge is -2.12. The van der Waals surface area contributed by atoms with Gasteiger partial charge in [0.1, 0.15) is 12.7 Å². The Morgan fingerprint density at radius 3 is 2.78 bits per heavy atom. The summed E-state index contributed by atoms with van der Waals surface area (Å²) in [7, 11) is 0. The minimum atomic E-state index is -0.743. The van der Waals surface area contributed by atoms with Gasteiger partial charge in [0.05, 0.1) is 12.7 Å². The Hall–Kier alpha value is -1.05. The number of nitrogens with zero attached hydrogens (tertiary/aromatic N) is 1. The molecule has 1 heterocycles. The minimum absolute atomic E-state index is 0.00922. The standard InChI is InChI=1S/C11H17BrN2O4/c1-7(2)16-5-8(15)6-17-14-11(13)9-3-4-10(12)18-9/h3-4,7-8,15H,5-6H2,1-2H3,(H2,13,14). The molecule has 0 aromatic carbocycles. The second-order valence-corrected chi connectivity index (χ2v) is 4.69. The Labute approximate surface area is 114 Å². The van der Waals surface area contributed by atoms with Crippen LogP contribution < -0.4 is 5.73 Å². The highest BCUT2D eigenvalue weighted by Crippen LogP contribution is 2.13. The number of amidine groups is 1. The topological polar surface area (TPSA) is 90.2 Å². The van der Waals surface area contributed by atoms with Crippen LogP contribution in [-0.4, -0.2) is 36.4 Å². The number of furan rings is 1. The van der Waals surface area contributed by atoms with Crippen LogP contribution in [0.2, 0.25) is 0 Å². The van der Waals surface area contributed by atoms with Crippen LogP contribution in [0.4, 0.5) is 0 Å². The molecule has 0 saturated heterocycles. The molecule has 0 saturated carbocycles. The zero-order chi connectivity index (χ0) is 13.5. The third-order valence-electron chi connectivity index (χ3n) is 1.88. The molecule has 0 radical (unpaired) electrons. The average Bonchev–Trinajstić information content (AvgIpc) is 2.73. The quantitative estimate of drug-likeness (QED) is 0.451. The largest absolute Gasteiger partial charge is 0.446 e. The number of aliphatic hydroxyl groups excluding tert-OH is 1. The second-order valence-electron chi connectivity index (χ2n) is 3.91. The van der Waals surface area contributed by atoms with Crippen molar-refractivity contribution in [2.75, 3.05) is 13.2 Å².